The van der Waals surface area contributed by atoms with Gasteiger partial charge in [-0.3, -0.25) is 4.79 Å². The first-order valence-corrected chi connectivity index (χ1v) is 6.58. The number of hydrogen-bond acceptors (Lipinski definition) is 3. The third-order valence-corrected chi connectivity index (χ3v) is 4.03. The molecule has 1 heterocycles. The predicted octanol–water partition coefficient (Wildman–Crippen LogP) is 2.45. The smallest absolute Gasteiger partial charge is 0.335 e. The van der Waals surface area contributed by atoms with Gasteiger partial charge in [0.15, 0.2) is 0 Å². The van der Waals surface area contributed by atoms with E-state index in [-0.39, 0.29) is 11.5 Å². The summed E-state index contributed by atoms with van der Waals surface area (Å²) in [6.45, 7) is 0. The van der Waals surface area contributed by atoms with E-state index >= 15 is 0 Å². The summed E-state index contributed by atoms with van der Waals surface area (Å²) in [5.41, 5.74) is 1.05. The quantitative estimate of drug-likeness (QED) is 0.724. The molecule has 1 aliphatic heterocycles. The van der Waals surface area contributed by atoms with Crippen molar-refractivity contribution >= 4 is 23.3 Å². The van der Waals surface area contributed by atoms with E-state index in [1.54, 1.807) is 12.1 Å². The fourth-order valence-corrected chi connectivity index (χ4v) is 2.95. The summed E-state index contributed by atoms with van der Waals surface area (Å²) in [4.78, 5) is 23.2. The number of aromatic carboxylic acids is 1. The molecule has 0 atom stereocenters. The van der Waals surface area contributed by atoms with E-state index in [0.29, 0.717) is 5.69 Å². The van der Waals surface area contributed by atoms with Crippen molar-refractivity contribution in [1.82, 2.24) is 0 Å². The van der Waals surface area contributed by atoms with Gasteiger partial charge in [-0.25, -0.2) is 4.79 Å². The molecule has 5 nitrogen and oxygen atoms in total. The van der Waals surface area contributed by atoms with Gasteiger partial charge in [0.05, 0.1) is 16.9 Å². The molecule has 2 aliphatic rings. The van der Waals surface area contributed by atoms with Gasteiger partial charge in [-0.05, 0) is 31.0 Å². The summed E-state index contributed by atoms with van der Waals surface area (Å²) in [6, 6.07) is 4.79. The molecule has 0 bridgehead atoms. The minimum absolute atomic E-state index is 0.0396. The van der Waals surface area contributed by atoms with Crippen molar-refractivity contribution in [3.05, 3.63) is 23.8 Å². The summed E-state index contributed by atoms with van der Waals surface area (Å²) in [5, 5.41) is 15.1. The highest BCUT2D eigenvalue weighted by Gasteiger charge is 2.42. The van der Waals surface area contributed by atoms with E-state index in [2.05, 4.69) is 10.6 Å². The molecule has 1 fully saturated rings. The van der Waals surface area contributed by atoms with Gasteiger partial charge in [0.1, 0.15) is 5.54 Å². The van der Waals surface area contributed by atoms with E-state index in [9.17, 15) is 9.59 Å². The van der Waals surface area contributed by atoms with Crippen molar-refractivity contribution in [3.63, 3.8) is 0 Å². The lowest BCUT2D eigenvalue weighted by Crippen LogP contribution is -2.53. The van der Waals surface area contributed by atoms with E-state index in [1.165, 1.54) is 12.5 Å². The zero-order chi connectivity index (χ0) is 13.5. The van der Waals surface area contributed by atoms with Crippen LogP contribution in [0.5, 0.6) is 0 Å². The van der Waals surface area contributed by atoms with Crippen LogP contribution < -0.4 is 10.6 Å². The average molecular weight is 260 g/mol. The van der Waals surface area contributed by atoms with E-state index in [0.717, 1.165) is 31.4 Å². The van der Waals surface area contributed by atoms with Crippen LogP contribution in [-0.2, 0) is 4.79 Å². The zero-order valence-electron chi connectivity index (χ0n) is 10.5. The highest BCUT2D eigenvalue weighted by molar-refractivity contribution is 6.07. The van der Waals surface area contributed by atoms with E-state index < -0.39 is 11.5 Å². The molecule has 19 heavy (non-hydrogen) atoms. The Labute approximate surface area is 111 Å². The minimum atomic E-state index is -0.991. The Bertz CT molecular complexity index is 548. The third-order valence-electron chi connectivity index (χ3n) is 4.03. The first-order chi connectivity index (χ1) is 9.11. The summed E-state index contributed by atoms with van der Waals surface area (Å²) in [5.74, 6) is -1.03. The van der Waals surface area contributed by atoms with Gasteiger partial charge in [0.25, 0.3) is 0 Å². The minimum Gasteiger partial charge on any atom is -0.478 e. The number of hydrogen-bond donors (Lipinski definition) is 3. The van der Waals surface area contributed by atoms with Gasteiger partial charge in [-0.2, -0.15) is 0 Å². The molecule has 1 aromatic carbocycles. The Morgan fingerprint density at radius 3 is 2.58 bits per heavy atom. The van der Waals surface area contributed by atoms with Crippen molar-refractivity contribution in [2.45, 2.75) is 37.6 Å². The van der Waals surface area contributed by atoms with Gasteiger partial charge < -0.3 is 15.7 Å². The van der Waals surface area contributed by atoms with Crippen LogP contribution in [0.2, 0.25) is 0 Å². The molecule has 0 aromatic heterocycles. The van der Waals surface area contributed by atoms with Crippen LogP contribution in [0, 0.1) is 0 Å². The monoisotopic (exact) mass is 260 g/mol. The standard InChI is InChI=1S/C14H16N2O3/c17-12(18)9-4-5-10-11(8-9)15-13(19)14(16-10)6-2-1-3-7-14/h4-5,8,16H,1-3,6-7H2,(H,15,19)(H,17,18). The highest BCUT2D eigenvalue weighted by atomic mass is 16.4. The summed E-state index contributed by atoms with van der Waals surface area (Å²) >= 11 is 0. The van der Waals surface area contributed by atoms with Gasteiger partial charge in [0, 0.05) is 0 Å². The number of carbonyl (C=O) groups is 2. The second kappa shape index (κ2) is 4.26. The third kappa shape index (κ3) is 1.95. The van der Waals surface area contributed by atoms with Gasteiger partial charge in [-0.15, -0.1) is 0 Å². The van der Waals surface area contributed by atoms with Crippen LogP contribution in [0.3, 0.4) is 0 Å². The van der Waals surface area contributed by atoms with Crippen LogP contribution in [0.25, 0.3) is 0 Å². The molecule has 1 saturated carbocycles. The van der Waals surface area contributed by atoms with Crippen molar-refractivity contribution in [1.29, 1.82) is 0 Å². The van der Waals surface area contributed by atoms with Crippen molar-refractivity contribution < 1.29 is 14.7 Å². The molecule has 1 amide bonds. The lowest BCUT2D eigenvalue weighted by atomic mass is 9.79. The lowest BCUT2D eigenvalue weighted by Gasteiger charge is -2.41. The summed E-state index contributed by atoms with van der Waals surface area (Å²) in [7, 11) is 0. The molecule has 0 unspecified atom stereocenters. The molecule has 5 heteroatoms. The molecule has 3 rings (SSSR count). The number of carbonyl (C=O) groups excluding carboxylic acids is 1. The molecule has 0 radical (unpaired) electrons. The van der Waals surface area contributed by atoms with Crippen molar-refractivity contribution in [3.8, 4) is 0 Å². The van der Waals surface area contributed by atoms with Crippen LogP contribution in [0.4, 0.5) is 11.4 Å². The maximum absolute atomic E-state index is 12.3. The Hall–Kier alpha value is -2.04. The number of anilines is 2. The maximum atomic E-state index is 12.3. The van der Waals surface area contributed by atoms with Gasteiger partial charge in [-0.1, -0.05) is 19.3 Å². The van der Waals surface area contributed by atoms with E-state index in [1.807, 2.05) is 0 Å². The molecule has 1 aliphatic carbocycles. The SMILES string of the molecule is O=C(O)c1ccc2c(c1)NC(=O)C1(CCCCC1)N2. The molecular formula is C14H16N2O3. The molecule has 3 N–H and O–H groups in total. The highest BCUT2D eigenvalue weighted by Crippen LogP contribution is 2.39. The van der Waals surface area contributed by atoms with Crippen LogP contribution in [0.15, 0.2) is 18.2 Å². The fraction of sp³-hybridized carbons (Fsp3) is 0.429. The zero-order valence-corrected chi connectivity index (χ0v) is 10.5. The van der Waals surface area contributed by atoms with Gasteiger partial charge in [0.2, 0.25) is 5.91 Å². The molecule has 0 saturated heterocycles. The largest absolute Gasteiger partial charge is 0.478 e. The molecular weight excluding hydrogens is 244 g/mol. The van der Waals surface area contributed by atoms with Crippen molar-refractivity contribution in [2.24, 2.45) is 0 Å². The normalized spacial score (nSPS) is 20.3. The topological polar surface area (TPSA) is 78.4 Å². The Kier molecular flexibility index (Phi) is 2.69. The number of rotatable bonds is 1. The molecule has 100 valence electrons. The molecule has 1 spiro atoms. The summed E-state index contributed by atoms with van der Waals surface area (Å²) < 4.78 is 0. The second-order valence-electron chi connectivity index (χ2n) is 5.29. The number of amides is 1. The van der Waals surface area contributed by atoms with Crippen LogP contribution in [0.1, 0.15) is 42.5 Å². The predicted molar refractivity (Wildman–Crippen MR) is 71.5 cm³/mol. The lowest BCUT2D eigenvalue weighted by molar-refractivity contribution is -0.121. The summed E-state index contributed by atoms with van der Waals surface area (Å²) in [6.07, 6.45) is 4.92. The number of fused-ring (bicyclic) bond motifs is 1. The second-order valence-corrected chi connectivity index (χ2v) is 5.29. The first-order valence-electron chi connectivity index (χ1n) is 6.58. The number of carboxylic acids is 1. The van der Waals surface area contributed by atoms with E-state index in [4.69, 9.17) is 5.11 Å². The average Bonchev–Trinajstić information content (AvgIpc) is 2.40. The van der Waals surface area contributed by atoms with Crippen LogP contribution in [-0.4, -0.2) is 22.5 Å². The number of benzene rings is 1. The Balaban J connectivity index is 1.95. The Morgan fingerprint density at radius 2 is 1.89 bits per heavy atom. The number of carboxylic acid groups (broad SMARTS) is 1. The van der Waals surface area contributed by atoms with Crippen LogP contribution >= 0.6 is 0 Å². The maximum Gasteiger partial charge on any atom is 0.335 e. The fourth-order valence-electron chi connectivity index (χ4n) is 2.95. The number of nitrogens with one attached hydrogen (secondary N) is 2. The molecule has 1 aromatic rings. The Morgan fingerprint density at radius 1 is 1.16 bits per heavy atom. The van der Waals surface area contributed by atoms with Crippen molar-refractivity contribution in [2.75, 3.05) is 10.6 Å². The van der Waals surface area contributed by atoms with Gasteiger partial charge >= 0.3 is 5.97 Å². The first kappa shape index (κ1) is 12.0.